The van der Waals surface area contributed by atoms with Crippen molar-refractivity contribution in [3.63, 3.8) is 0 Å². The Labute approximate surface area is 156 Å². The van der Waals surface area contributed by atoms with Crippen LogP contribution in [-0.4, -0.2) is 30.2 Å². The number of nitrogens with zero attached hydrogens (tertiary/aromatic N) is 1. The van der Waals surface area contributed by atoms with Gasteiger partial charge in [-0.1, -0.05) is 18.2 Å². The molecule has 0 aliphatic rings. The monoisotopic (exact) mass is 366 g/mol. The second-order valence-electron chi connectivity index (χ2n) is 5.52. The van der Waals surface area contributed by atoms with E-state index in [0.29, 0.717) is 22.7 Å². The number of amides is 1. The number of carboxylic acid groups (broad SMARTS) is 1. The molecule has 0 radical (unpaired) electrons. The van der Waals surface area contributed by atoms with Gasteiger partial charge >= 0.3 is 5.97 Å². The second-order valence-corrected chi connectivity index (χ2v) is 5.52. The minimum absolute atomic E-state index is 0.0783. The maximum absolute atomic E-state index is 12.3. The summed E-state index contributed by atoms with van der Waals surface area (Å²) in [7, 11) is 1.52. The van der Waals surface area contributed by atoms with E-state index in [2.05, 4.69) is 5.32 Å². The predicted octanol–water partition coefficient (Wildman–Crippen LogP) is 3.09. The van der Waals surface area contributed by atoms with Crippen LogP contribution in [0, 0.1) is 11.3 Å². The SMILES string of the molecule is COc1cccc(NC(=O)/C(C#N)=C\c2ccc(O[C@H](C)C(=O)O)cc2)c1. The lowest BCUT2D eigenvalue weighted by atomic mass is 10.1. The van der Waals surface area contributed by atoms with Crippen LogP contribution in [0.4, 0.5) is 5.69 Å². The van der Waals surface area contributed by atoms with Crippen LogP contribution in [0.3, 0.4) is 0 Å². The highest BCUT2D eigenvalue weighted by Crippen LogP contribution is 2.19. The second kappa shape index (κ2) is 9.06. The van der Waals surface area contributed by atoms with E-state index in [1.165, 1.54) is 20.1 Å². The van der Waals surface area contributed by atoms with Gasteiger partial charge < -0.3 is 19.9 Å². The first-order valence-electron chi connectivity index (χ1n) is 7.99. The molecule has 0 spiro atoms. The van der Waals surface area contributed by atoms with Crippen LogP contribution < -0.4 is 14.8 Å². The minimum Gasteiger partial charge on any atom is -0.497 e. The zero-order valence-corrected chi connectivity index (χ0v) is 14.8. The van der Waals surface area contributed by atoms with Crippen LogP contribution in [0.1, 0.15) is 12.5 Å². The molecule has 0 aromatic heterocycles. The van der Waals surface area contributed by atoms with E-state index in [1.807, 2.05) is 6.07 Å². The van der Waals surface area contributed by atoms with Crippen molar-refractivity contribution in [2.24, 2.45) is 0 Å². The molecule has 0 unspecified atom stereocenters. The molecule has 0 saturated carbocycles. The molecular formula is C20H18N2O5. The van der Waals surface area contributed by atoms with Crippen molar-refractivity contribution in [1.29, 1.82) is 5.26 Å². The summed E-state index contributed by atoms with van der Waals surface area (Å²) in [6, 6.07) is 15.1. The zero-order valence-electron chi connectivity index (χ0n) is 14.8. The first kappa shape index (κ1) is 19.5. The number of carboxylic acids is 1. The smallest absolute Gasteiger partial charge is 0.344 e. The van der Waals surface area contributed by atoms with E-state index < -0.39 is 18.0 Å². The van der Waals surface area contributed by atoms with Gasteiger partial charge in [0, 0.05) is 11.8 Å². The molecule has 2 rings (SSSR count). The maximum Gasteiger partial charge on any atom is 0.344 e. The molecular weight excluding hydrogens is 348 g/mol. The van der Waals surface area contributed by atoms with Gasteiger partial charge in [-0.05, 0) is 42.8 Å². The molecule has 0 heterocycles. The number of benzene rings is 2. The molecule has 0 saturated heterocycles. The summed E-state index contributed by atoms with van der Waals surface area (Å²) in [6.07, 6.45) is 0.453. The van der Waals surface area contributed by atoms with Crippen molar-refractivity contribution in [2.75, 3.05) is 12.4 Å². The lowest BCUT2D eigenvalue weighted by molar-refractivity contribution is -0.144. The molecule has 2 aromatic carbocycles. The molecule has 2 aromatic rings. The fourth-order valence-corrected chi connectivity index (χ4v) is 2.11. The zero-order chi connectivity index (χ0) is 19.8. The van der Waals surface area contributed by atoms with Crippen LogP contribution >= 0.6 is 0 Å². The molecule has 0 aliphatic carbocycles. The van der Waals surface area contributed by atoms with Crippen molar-refractivity contribution in [2.45, 2.75) is 13.0 Å². The van der Waals surface area contributed by atoms with Gasteiger partial charge in [-0.15, -0.1) is 0 Å². The highest BCUT2D eigenvalue weighted by Gasteiger charge is 2.13. The standard InChI is InChI=1S/C20H18N2O5/c1-13(20(24)25)27-17-8-6-14(7-9-17)10-15(12-21)19(23)22-16-4-3-5-18(11-16)26-2/h3-11,13H,1-2H3,(H,22,23)(H,24,25)/b15-10-/t13-/m1/s1. The fourth-order valence-electron chi connectivity index (χ4n) is 2.11. The number of nitriles is 1. The number of rotatable bonds is 7. The van der Waals surface area contributed by atoms with Gasteiger partial charge in [0.25, 0.3) is 5.91 Å². The van der Waals surface area contributed by atoms with Gasteiger partial charge in [-0.3, -0.25) is 4.79 Å². The van der Waals surface area contributed by atoms with E-state index in [1.54, 1.807) is 48.5 Å². The average molecular weight is 366 g/mol. The lowest BCUT2D eigenvalue weighted by Crippen LogP contribution is -2.22. The number of nitrogens with one attached hydrogen (secondary N) is 1. The summed E-state index contributed by atoms with van der Waals surface area (Å²) in [4.78, 5) is 23.1. The third-order valence-electron chi connectivity index (χ3n) is 3.54. The Bertz CT molecular complexity index is 897. The van der Waals surface area contributed by atoms with E-state index in [0.717, 1.165) is 0 Å². The van der Waals surface area contributed by atoms with Gasteiger partial charge in [-0.2, -0.15) is 5.26 Å². The Morgan fingerprint density at radius 2 is 1.89 bits per heavy atom. The number of hydrogen-bond acceptors (Lipinski definition) is 5. The Kier molecular flexibility index (Phi) is 6.55. The largest absolute Gasteiger partial charge is 0.497 e. The minimum atomic E-state index is -1.07. The lowest BCUT2D eigenvalue weighted by Gasteiger charge is -2.10. The number of anilines is 1. The highest BCUT2D eigenvalue weighted by molar-refractivity contribution is 6.09. The summed E-state index contributed by atoms with van der Waals surface area (Å²) >= 11 is 0. The van der Waals surface area contributed by atoms with E-state index >= 15 is 0 Å². The number of carbonyl (C=O) groups excluding carboxylic acids is 1. The van der Waals surface area contributed by atoms with Crippen molar-refractivity contribution in [1.82, 2.24) is 0 Å². The quantitative estimate of drug-likeness (QED) is 0.576. The summed E-state index contributed by atoms with van der Waals surface area (Å²) in [6.45, 7) is 1.42. The molecule has 2 N–H and O–H groups in total. The Morgan fingerprint density at radius 3 is 2.48 bits per heavy atom. The van der Waals surface area contributed by atoms with E-state index in [4.69, 9.17) is 14.6 Å². The van der Waals surface area contributed by atoms with Gasteiger partial charge in [0.05, 0.1) is 7.11 Å². The van der Waals surface area contributed by atoms with Crippen molar-refractivity contribution >= 4 is 23.6 Å². The topological polar surface area (TPSA) is 109 Å². The Balaban J connectivity index is 2.11. The van der Waals surface area contributed by atoms with Crippen molar-refractivity contribution in [3.8, 4) is 17.6 Å². The van der Waals surface area contributed by atoms with Gasteiger partial charge in [0.1, 0.15) is 23.1 Å². The molecule has 0 bridgehead atoms. The van der Waals surface area contributed by atoms with Gasteiger partial charge in [0.15, 0.2) is 6.10 Å². The fraction of sp³-hybridized carbons (Fsp3) is 0.150. The molecule has 7 nitrogen and oxygen atoms in total. The third kappa shape index (κ3) is 5.61. The molecule has 138 valence electrons. The normalized spacial score (nSPS) is 11.8. The van der Waals surface area contributed by atoms with Crippen LogP contribution in [0.2, 0.25) is 0 Å². The molecule has 1 amide bonds. The van der Waals surface area contributed by atoms with Crippen molar-refractivity contribution < 1.29 is 24.2 Å². The highest BCUT2D eigenvalue weighted by atomic mass is 16.5. The maximum atomic E-state index is 12.3. The molecule has 0 fully saturated rings. The summed E-state index contributed by atoms with van der Waals surface area (Å²) in [5, 5.41) is 20.8. The van der Waals surface area contributed by atoms with E-state index in [9.17, 15) is 14.9 Å². The number of aliphatic carboxylic acids is 1. The third-order valence-corrected chi connectivity index (χ3v) is 3.54. The Morgan fingerprint density at radius 1 is 1.19 bits per heavy atom. The van der Waals surface area contributed by atoms with Gasteiger partial charge in [-0.25, -0.2) is 4.79 Å². The predicted molar refractivity (Wildman–Crippen MR) is 99.4 cm³/mol. The summed E-state index contributed by atoms with van der Waals surface area (Å²) in [5.74, 6) is -0.659. The Hall–Kier alpha value is -3.79. The number of hydrogen-bond donors (Lipinski definition) is 2. The van der Waals surface area contributed by atoms with Crippen molar-refractivity contribution in [3.05, 3.63) is 59.7 Å². The van der Waals surface area contributed by atoms with E-state index in [-0.39, 0.29) is 5.57 Å². The average Bonchev–Trinajstić information content (AvgIpc) is 2.67. The van der Waals surface area contributed by atoms with Crippen LogP contribution in [-0.2, 0) is 9.59 Å². The van der Waals surface area contributed by atoms with Crippen LogP contribution in [0.15, 0.2) is 54.1 Å². The first-order valence-corrected chi connectivity index (χ1v) is 7.99. The molecule has 7 heteroatoms. The van der Waals surface area contributed by atoms with Crippen LogP contribution in [0.25, 0.3) is 6.08 Å². The molecule has 27 heavy (non-hydrogen) atoms. The molecule has 1 atom stereocenters. The molecule has 0 aliphatic heterocycles. The number of carbonyl (C=O) groups is 2. The van der Waals surface area contributed by atoms with Crippen LogP contribution in [0.5, 0.6) is 11.5 Å². The van der Waals surface area contributed by atoms with Gasteiger partial charge in [0.2, 0.25) is 0 Å². The first-order chi connectivity index (χ1) is 12.9. The summed E-state index contributed by atoms with van der Waals surface area (Å²) < 4.78 is 10.3. The number of methoxy groups -OCH3 is 1. The summed E-state index contributed by atoms with van der Waals surface area (Å²) in [5.41, 5.74) is 1.03. The number of ether oxygens (including phenoxy) is 2.